The lowest BCUT2D eigenvalue weighted by atomic mass is 9.50. The van der Waals surface area contributed by atoms with E-state index in [0.717, 1.165) is 40.6 Å². The minimum absolute atomic E-state index is 0.116. The average molecular weight is 417 g/mol. The summed E-state index contributed by atoms with van der Waals surface area (Å²) in [5.41, 5.74) is 4.37. The molecule has 4 saturated carbocycles. The summed E-state index contributed by atoms with van der Waals surface area (Å²) in [5, 5.41) is 8.92. The molecule has 0 spiro atoms. The predicted octanol–water partition coefficient (Wildman–Crippen LogP) is 6.44. The Hall–Kier alpha value is -2.55. The van der Waals surface area contributed by atoms with Gasteiger partial charge in [0.2, 0.25) is 0 Å². The van der Waals surface area contributed by atoms with Crippen LogP contribution >= 0.6 is 0 Å². The molecule has 1 unspecified atom stereocenters. The number of benzene rings is 1. The van der Waals surface area contributed by atoms with Gasteiger partial charge in [-0.25, -0.2) is 4.79 Å². The maximum Gasteiger partial charge on any atom is 0.328 e. The number of carbonyl (C=O) groups is 1. The lowest BCUT2D eigenvalue weighted by Crippen LogP contribution is -2.51. The fourth-order valence-electron chi connectivity index (χ4n) is 6.93. The lowest BCUT2D eigenvalue weighted by Gasteiger charge is -2.56. The molecule has 1 aromatic carbocycles. The van der Waals surface area contributed by atoms with Crippen LogP contribution in [0.4, 0.5) is 0 Å². The molecule has 4 fully saturated rings. The SMILES string of the molecule is CC(C=CC=C(C)C1=Cc2ccccc2OC1C1C2CC3CC(C2)CC1C3)=CC(=O)O. The van der Waals surface area contributed by atoms with Gasteiger partial charge in [-0.2, -0.15) is 0 Å². The van der Waals surface area contributed by atoms with Crippen LogP contribution in [0.2, 0.25) is 0 Å². The second kappa shape index (κ2) is 8.18. The van der Waals surface area contributed by atoms with Crippen molar-refractivity contribution < 1.29 is 14.6 Å². The number of para-hydroxylation sites is 1. The van der Waals surface area contributed by atoms with Crippen LogP contribution in [0.25, 0.3) is 6.08 Å². The molecule has 0 radical (unpaired) electrons. The first-order chi connectivity index (χ1) is 15.0. The third-order valence-corrected chi connectivity index (χ3v) is 7.95. The first-order valence-electron chi connectivity index (χ1n) is 11.7. The predicted molar refractivity (Wildman–Crippen MR) is 124 cm³/mol. The highest BCUT2D eigenvalue weighted by Crippen LogP contribution is 2.59. The van der Waals surface area contributed by atoms with Gasteiger partial charge in [-0.05, 0) is 98.5 Å². The van der Waals surface area contributed by atoms with E-state index in [9.17, 15) is 4.79 Å². The largest absolute Gasteiger partial charge is 0.485 e. The van der Waals surface area contributed by atoms with E-state index in [0.29, 0.717) is 5.92 Å². The summed E-state index contributed by atoms with van der Waals surface area (Å²) in [6.45, 7) is 3.97. The molecule has 0 amide bonds. The van der Waals surface area contributed by atoms with Crippen molar-refractivity contribution in [1.82, 2.24) is 0 Å². The molecular formula is C28H32O3. The normalized spacial score (nSPS) is 34.5. The van der Waals surface area contributed by atoms with E-state index in [1.54, 1.807) is 0 Å². The van der Waals surface area contributed by atoms with Crippen molar-refractivity contribution in [2.45, 2.75) is 52.1 Å². The molecule has 1 heterocycles. The fraction of sp³-hybridized carbons (Fsp3) is 0.464. The van der Waals surface area contributed by atoms with Crippen LogP contribution < -0.4 is 4.74 Å². The molecule has 162 valence electrons. The number of ether oxygens (including phenoxy) is 1. The Morgan fingerprint density at radius 1 is 1.03 bits per heavy atom. The number of carboxylic acid groups (broad SMARTS) is 1. The third kappa shape index (κ3) is 4.03. The first kappa shape index (κ1) is 20.4. The number of aliphatic carboxylic acids is 1. The highest BCUT2D eigenvalue weighted by Gasteiger charge is 2.52. The molecule has 3 heteroatoms. The summed E-state index contributed by atoms with van der Waals surface area (Å²) in [6, 6.07) is 8.36. The van der Waals surface area contributed by atoms with Crippen LogP contribution in [-0.2, 0) is 4.79 Å². The molecular weight excluding hydrogens is 384 g/mol. The Balaban J connectivity index is 1.46. The van der Waals surface area contributed by atoms with E-state index >= 15 is 0 Å². The van der Waals surface area contributed by atoms with Crippen LogP contribution in [0.15, 0.2) is 65.3 Å². The Morgan fingerprint density at radius 3 is 2.39 bits per heavy atom. The number of fused-ring (bicyclic) bond motifs is 1. The molecule has 4 bridgehead atoms. The van der Waals surface area contributed by atoms with Gasteiger partial charge in [0.25, 0.3) is 0 Å². The van der Waals surface area contributed by atoms with E-state index in [1.165, 1.54) is 49.3 Å². The Morgan fingerprint density at radius 2 is 1.71 bits per heavy atom. The molecule has 3 nitrogen and oxygen atoms in total. The highest BCUT2D eigenvalue weighted by atomic mass is 16.5. The quantitative estimate of drug-likeness (QED) is 0.444. The Kier molecular flexibility index (Phi) is 5.37. The highest BCUT2D eigenvalue weighted by molar-refractivity contribution is 5.81. The van der Waals surface area contributed by atoms with Gasteiger partial charge >= 0.3 is 5.97 Å². The smallest absolute Gasteiger partial charge is 0.328 e. The monoisotopic (exact) mass is 416 g/mol. The second-order valence-corrected chi connectivity index (χ2v) is 10.1. The van der Waals surface area contributed by atoms with Crippen molar-refractivity contribution in [1.29, 1.82) is 0 Å². The van der Waals surface area contributed by atoms with Crippen LogP contribution in [0.5, 0.6) is 5.75 Å². The van der Waals surface area contributed by atoms with Gasteiger partial charge in [0.15, 0.2) is 0 Å². The second-order valence-electron chi connectivity index (χ2n) is 10.1. The van der Waals surface area contributed by atoms with Crippen molar-refractivity contribution in [3.8, 4) is 5.75 Å². The number of rotatable bonds is 5. The van der Waals surface area contributed by atoms with Crippen molar-refractivity contribution in [2.24, 2.45) is 29.6 Å². The van der Waals surface area contributed by atoms with E-state index in [-0.39, 0.29) is 6.10 Å². The maximum absolute atomic E-state index is 10.9. The zero-order valence-electron chi connectivity index (χ0n) is 18.5. The van der Waals surface area contributed by atoms with Gasteiger partial charge in [-0.15, -0.1) is 0 Å². The van der Waals surface area contributed by atoms with E-state index in [1.807, 2.05) is 19.1 Å². The standard InChI is InChI=1S/C28H32O3/c1-17(10-26(29)30)6-5-7-18(2)24-16-21-8-3-4-9-25(21)31-28(24)27-22-12-19-11-20(14-22)15-23(27)13-19/h3-10,16,19-20,22-23,27-28H,11-15H2,1-2H3,(H,29,30). The van der Waals surface area contributed by atoms with Gasteiger partial charge in [0.1, 0.15) is 11.9 Å². The average Bonchev–Trinajstić information content (AvgIpc) is 2.71. The fourth-order valence-corrected chi connectivity index (χ4v) is 6.93. The number of hydrogen-bond acceptors (Lipinski definition) is 2. The molecule has 1 aromatic rings. The maximum atomic E-state index is 10.9. The molecule has 1 atom stereocenters. The first-order valence-corrected chi connectivity index (χ1v) is 11.7. The topological polar surface area (TPSA) is 46.5 Å². The van der Waals surface area contributed by atoms with Crippen molar-refractivity contribution >= 4 is 12.0 Å². The molecule has 0 saturated heterocycles. The van der Waals surface area contributed by atoms with Crippen LogP contribution in [0.3, 0.4) is 0 Å². The van der Waals surface area contributed by atoms with Gasteiger partial charge in [-0.1, -0.05) is 36.4 Å². The van der Waals surface area contributed by atoms with Crippen LogP contribution in [0, 0.1) is 29.6 Å². The molecule has 5 aliphatic rings. The van der Waals surface area contributed by atoms with Gasteiger partial charge in [0, 0.05) is 17.6 Å². The molecule has 4 aliphatic carbocycles. The van der Waals surface area contributed by atoms with Crippen molar-refractivity contribution in [3.05, 3.63) is 70.9 Å². The zero-order chi connectivity index (χ0) is 21.5. The molecule has 31 heavy (non-hydrogen) atoms. The summed E-state index contributed by atoms with van der Waals surface area (Å²) in [5.74, 6) is 4.18. The molecule has 0 aromatic heterocycles. The number of carboxylic acids is 1. The number of allylic oxidation sites excluding steroid dienone is 4. The summed E-state index contributed by atoms with van der Waals surface area (Å²) in [7, 11) is 0. The minimum atomic E-state index is -0.912. The van der Waals surface area contributed by atoms with Crippen LogP contribution in [-0.4, -0.2) is 17.2 Å². The van der Waals surface area contributed by atoms with Gasteiger partial charge in [0.05, 0.1) is 0 Å². The molecule has 1 N–H and O–H groups in total. The molecule has 6 rings (SSSR count). The Bertz CT molecular complexity index is 965. The third-order valence-electron chi connectivity index (χ3n) is 7.95. The summed E-state index contributed by atoms with van der Waals surface area (Å²) in [6.07, 6.45) is 16.6. The van der Waals surface area contributed by atoms with Gasteiger partial charge < -0.3 is 9.84 Å². The minimum Gasteiger partial charge on any atom is -0.485 e. The summed E-state index contributed by atoms with van der Waals surface area (Å²) in [4.78, 5) is 10.9. The molecule has 1 aliphatic heterocycles. The van der Waals surface area contributed by atoms with Crippen molar-refractivity contribution in [2.75, 3.05) is 0 Å². The zero-order valence-corrected chi connectivity index (χ0v) is 18.5. The van der Waals surface area contributed by atoms with Gasteiger partial charge in [-0.3, -0.25) is 0 Å². The summed E-state index contributed by atoms with van der Waals surface area (Å²) >= 11 is 0. The van der Waals surface area contributed by atoms with E-state index in [2.05, 4.69) is 43.3 Å². The van der Waals surface area contributed by atoms with Crippen LogP contribution in [0.1, 0.15) is 51.5 Å². The lowest BCUT2D eigenvalue weighted by molar-refractivity contribution is -0.131. The van der Waals surface area contributed by atoms with E-state index < -0.39 is 5.97 Å². The van der Waals surface area contributed by atoms with Crippen molar-refractivity contribution in [3.63, 3.8) is 0 Å². The Labute approximate surface area is 185 Å². The number of hydrogen-bond donors (Lipinski definition) is 1. The van der Waals surface area contributed by atoms with E-state index in [4.69, 9.17) is 9.84 Å². The summed E-state index contributed by atoms with van der Waals surface area (Å²) < 4.78 is 6.75.